The number of aliphatic imine (C=N–C) groups is 1. The van der Waals surface area contributed by atoms with E-state index in [1.165, 1.54) is 19.4 Å². The largest absolute Gasteiger partial charge is 0.444 e. The van der Waals surface area contributed by atoms with Crippen molar-refractivity contribution in [2.45, 2.75) is 58.2 Å². The fourth-order valence-corrected chi connectivity index (χ4v) is 3.19. The lowest BCUT2D eigenvalue weighted by Crippen LogP contribution is -2.63. The van der Waals surface area contributed by atoms with E-state index in [4.69, 9.17) is 4.74 Å². The number of carbonyl (C=O) groups excluding carboxylic acids is 1. The number of carbonyl (C=O) groups is 1. The summed E-state index contributed by atoms with van der Waals surface area (Å²) in [5.41, 5.74) is -0.445. The van der Waals surface area contributed by atoms with Gasteiger partial charge < -0.3 is 20.3 Å². The molecule has 0 aromatic rings. The van der Waals surface area contributed by atoms with Crippen LogP contribution in [0.25, 0.3) is 0 Å². The van der Waals surface area contributed by atoms with Crippen molar-refractivity contribution in [3.05, 3.63) is 0 Å². The summed E-state index contributed by atoms with van der Waals surface area (Å²) in [6.45, 7) is 12.4. The quantitative estimate of drug-likeness (QED) is 0.596. The van der Waals surface area contributed by atoms with Gasteiger partial charge in [0.05, 0.1) is 6.04 Å². The average molecular weight is 339 g/mol. The summed E-state index contributed by atoms with van der Waals surface area (Å²) >= 11 is 0. The molecular weight excluding hydrogens is 306 g/mol. The second-order valence-electron chi connectivity index (χ2n) is 7.60. The zero-order valence-corrected chi connectivity index (χ0v) is 15.8. The molecule has 2 heterocycles. The van der Waals surface area contributed by atoms with E-state index in [0.29, 0.717) is 19.1 Å². The van der Waals surface area contributed by atoms with Gasteiger partial charge >= 0.3 is 6.09 Å². The Bertz CT molecular complexity index is 454. The second kappa shape index (κ2) is 8.05. The van der Waals surface area contributed by atoms with Crippen LogP contribution >= 0.6 is 0 Å². The highest BCUT2D eigenvalue weighted by atomic mass is 16.6. The number of nitrogens with zero attached hydrogens (tertiary/aromatic N) is 3. The lowest BCUT2D eigenvalue weighted by molar-refractivity contribution is 0.00700. The third kappa shape index (κ3) is 5.26. The fourth-order valence-electron chi connectivity index (χ4n) is 3.19. The van der Waals surface area contributed by atoms with Crippen molar-refractivity contribution >= 4 is 12.1 Å². The minimum atomic E-state index is -0.445. The Morgan fingerprint density at radius 1 is 1.33 bits per heavy atom. The molecular formula is C17H33N5O2. The summed E-state index contributed by atoms with van der Waals surface area (Å²) < 4.78 is 5.37. The number of likely N-dealkylation sites (tertiary alicyclic amines) is 2. The monoisotopic (exact) mass is 339 g/mol. The Balaban J connectivity index is 1.69. The molecule has 1 amide bonds. The SMILES string of the molecule is CCN1CCCC1CNC(=NC)NC1CN(C(=O)OC(C)(C)C)C1. The van der Waals surface area contributed by atoms with E-state index >= 15 is 0 Å². The molecule has 1 atom stereocenters. The molecule has 2 rings (SSSR count). The van der Waals surface area contributed by atoms with Gasteiger partial charge in [0, 0.05) is 32.7 Å². The summed E-state index contributed by atoms with van der Waals surface area (Å²) in [4.78, 5) is 20.4. The van der Waals surface area contributed by atoms with Crippen LogP contribution in [0, 0.1) is 0 Å². The Hall–Kier alpha value is -1.50. The second-order valence-corrected chi connectivity index (χ2v) is 7.60. The van der Waals surface area contributed by atoms with Gasteiger partial charge in [-0.3, -0.25) is 9.89 Å². The number of amides is 1. The molecule has 7 heteroatoms. The highest BCUT2D eigenvalue weighted by molar-refractivity contribution is 5.80. The van der Waals surface area contributed by atoms with Crippen LogP contribution < -0.4 is 10.6 Å². The molecule has 0 saturated carbocycles. The Morgan fingerprint density at radius 3 is 2.62 bits per heavy atom. The van der Waals surface area contributed by atoms with Gasteiger partial charge in [0.1, 0.15) is 5.60 Å². The van der Waals surface area contributed by atoms with Crippen molar-refractivity contribution < 1.29 is 9.53 Å². The van der Waals surface area contributed by atoms with Gasteiger partial charge in [-0.1, -0.05) is 6.92 Å². The normalized spacial score (nSPS) is 23.1. The van der Waals surface area contributed by atoms with Crippen LogP contribution in [0.4, 0.5) is 4.79 Å². The van der Waals surface area contributed by atoms with E-state index in [9.17, 15) is 4.79 Å². The molecule has 0 aliphatic carbocycles. The first kappa shape index (κ1) is 18.8. The molecule has 1 unspecified atom stereocenters. The minimum absolute atomic E-state index is 0.231. The van der Waals surface area contributed by atoms with Crippen LogP contribution in [0.15, 0.2) is 4.99 Å². The van der Waals surface area contributed by atoms with E-state index in [-0.39, 0.29) is 12.1 Å². The van der Waals surface area contributed by atoms with E-state index in [0.717, 1.165) is 19.0 Å². The van der Waals surface area contributed by atoms with Crippen molar-refractivity contribution in [2.75, 3.05) is 39.8 Å². The highest BCUT2D eigenvalue weighted by Gasteiger charge is 2.34. The molecule has 2 saturated heterocycles. The molecule has 2 N–H and O–H groups in total. The van der Waals surface area contributed by atoms with Crippen molar-refractivity contribution in [1.82, 2.24) is 20.4 Å². The molecule has 24 heavy (non-hydrogen) atoms. The van der Waals surface area contributed by atoms with E-state index < -0.39 is 5.60 Å². The standard InChI is InChI=1S/C17H33N5O2/c1-6-21-9-7-8-14(21)10-19-15(18-5)20-13-11-22(12-13)16(23)24-17(2,3)4/h13-14H,6-12H2,1-5H3,(H2,18,19,20). The van der Waals surface area contributed by atoms with Crippen molar-refractivity contribution in [1.29, 1.82) is 0 Å². The Morgan fingerprint density at radius 2 is 2.04 bits per heavy atom. The third-order valence-electron chi connectivity index (χ3n) is 4.51. The molecule has 2 aliphatic heterocycles. The number of rotatable bonds is 4. The Kier molecular flexibility index (Phi) is 6.32. The average Bonchev–Trinajstić information content (AvgIpc) is 2.90. The van der Waals surface area contributed by atoms with Gasteiger partial charge in [-0.15, -0.1) is 0 Å². The number of hydrogen-bond acceptors (Lipinski definition) is 4. The highest BCUT2D eigenvalue weighted by Crippen LogP contribution is 2.16. The molecule has 138 valence electrons. The van der Waals surface area contributed by atoms with E-state index in [1.807, 2.05) is 20.8 Å². The summed E-state index contributed by atoms with van der Waals surface area (Å²) in [6.07, 6.45) is 2.28. The molecule has 2 fully saturated rings. The van der Waals surface area contributed by atoms with Crippen molar-refractivity contribution in [3.63, 3.8) is 0 Å². The van der Waals surface area contributed by atoms with Crippen LogP contribution in [0.5, 0.6) is 0 Å². The maximum absolute atomic E-state index is 11.9. The number of guanidine groups is 1. The van der Waals surface area contributed by atoms with Gasteiger partial charge in [-0.25, -0.2) is 4.79 Å². The van der Waals surface area contributed by atoms with E-state index in [2.05, 4.69) is 27.4 Å². The number of hydrogen-bond donors (Lipinski definition) is 2. The first-order chi connectivity index (χ1) is 11.3. The van der Waals surface area contributed by atoms with Crippen LogP contribution in [0.3, 0.4) is 0 Å². The first-order valence-corrected chi connectivity index (χ1v) is 9.01. The molecule has 0 aromatic heterocycles. The molecule has 0 bridgehead atoms. The molecule has 7 nitrogen and oxygen atoms in total. The van der Waals surface area contributed by atoms with Crippen LogP contribution in [-0.2, 0) is 4.74 Å². The van der Waals surface area contributed by atoms with Gasteiger partial charge in [0.15, 0.2) is 5.96 Å². The number of nitrogens with one attached hydrogen (secondary N) is 2. The van der Waals surface area contributed by atoms with Gasteiger partial charge in [-0.05, 0) is 46.7 Å². The summed E-state index contributed by atoms with van der Waals surface area (Å²) in [6, 6.07) is 0.822. The smallest absolute Gasteiger partial charge is 0.410 e. The lowest BCUT2D eigenvalue weighted by atomic mass is 10.1. The third-order valence-corrected chi connectivity index (χ3v) is 4.51. The maximum Gasteiger partial charge on any atom is 0.410 e. The summed E-state index contributed by atoms with van der Waals surface area (Å²) in [5.74, 6) is 0.812. The van der Waals surface area contributed by atoms with Crippen LogP contribution in [-0.4, -0.2) is 79.3 Å². The van der Waals surface area contributed by atoms with Gasteiger partial charge in [0.2, 0.25) is 0 Å². The van der Waals surface area contributed by atoms with Crippen molar-refractivity contribution in [2.24, 2.45) is 4.99 Å². The van der Waals surface area contributed by atoms with Crippen LogP contribution in [0.1, 0.15) is 40.5 Å². The zero-order valence-electron chi connectivity index (χ0n) is 15.8. The molecule has 0 spiro atoms. The van der Waals surface area contributed by atoms with Crippen molar-refractivity contribution in [3.8, 4) is 0 Å². The summed E-state index contributed by atoms with van der Waals surface area (Å²) in [7, 11) is 1.78. The topological polar surface area (TPSA) is 69.2 Å². The zero-order chi connectivity index (χ0) is 17.7. The number of ether oxygens (including phenoxy) is 1. The first-order valence-electron chi connectivity index (χ1n) is 9.01. The molecule has 0 radical (unpaired) electrons. The predicted octanol–water partition coefficient (Wildman–Crippen LogP) is 1.26. The van der Waals surface area contributed by atoms with Gasteiger partial charge in [-0.2, -0.15) is 0 Å². The van der Waals surface area contributed by atoms with Crippen LogP contribution in [0.2, 0.25) is 0 Å². The lowest BCUT2D eigenvalue weighted by Gasteiger charge is -2.40. The maximum atomic E-state index is 11.9. The molecule has 0 aromatic carbocycles. The predicted molar refractivity (Wildman–Crippen MR) is 96.4 cm³/mol. The fraction of sp³-hybridized carbons (Fsp3) is 0.882. The molecule has 2 aliphatic rings. The Labute approximate surface area is 145 Å². The minimum Gasteiger partial charge on any atom is -0.444 e. The summed E-state index contributed by atoms with van der Waals surface area (Å²) in [5, 5.41) is 6.80. The van der Waals surface area contributed by atoms with Gasteiger partial charge in [0.25, 0.3) is 0 Å². The number of likely N-dealkylation sites (N-methyl/N-ethyl adjacent to an activating group) is 1. The van der Waals surface area contributed by atoms with E-state index in [1.54, 1.807) is 11.9 Å².